The second-order valence-electron chi connectivity index (χ2n) is 8.52. The number of benzene rings is 2. The predicted octanol–water partition coefficient (Wildman–Crippen LogP) is 4.94. The van der Waals surface area contributed by atoms with Gasteiger partial charge in [-0.25, -0.2) is 0 Å². The van der Waals surface area contributed by atoms with Gasteiger partial charge in [0, 0.05) is 41.5 Å². The highest BCUT2D eigenvalue weighted by atomic mass is 32.3. The Hall–Kier alpha value is -4.23. The Bertz CT molecular complexity index is 1880. The van der Waals surface area contributed by atoms with Gasteiger partial charge in [-0.2, -0.15) is 13.7 Å². The van der Waals surface area contributed by atoms with E-state index in [9.17, 15) is 22.4 Å². The Kier molecular flexibility index (Phi) is 5.73. The molecule has 5 aromatic rings. The van der Waals surface area contributed by atoms with Crippen molar-refractivity contribution in [3.05, 3.63) is 64.6 Å². The number of aromatic amines is 1. The highest BCUT2D eigenvalue weighted by Gasteiger charge is 2.20. The Morgan fingerprint density at radius 3 is 2.69 bits per heavy atom. The van der Waals surface area contributed by atoms with Crippen LogP contribution >= 0.6 is 0 Å². The van der Waals surface area contributed by atoms with Crippen LogP contribution in [0.3, 0.4) is 0 Å². The van der Waals surface area contributed by atoms with Crippen molar-refractivity contribution in [2.24, 2.45) is 7.05 Å². The van der Waals surface area contributed by atoms with E-state index >= 15 is 0 Å². The number of hydrogen-bond donors (Lipinski definition) is 1. The smallest absolute Gasteiger partial charge is 0.333 e. The van der Waals surface area contributed by atoms with E-state index in [4.69, 9.17) is 4.74 Å². The predicted molar refractivity (Wildman–Crippen MR) is 135 cm³/mol. The summed E-state index contributed by atoms with van der Waals surface area (Å²) in [7, 11) is -3.16. The lowest BCUT2D eigenvalue weighted by molar-refractivity contribution is 0.311. The maximum absolute atomic E-state index is 13.7. The molecule has 0 spiro atoms. The molecule has 5 rings (SSSR count). The molecule has 0 amide bonds. The van der Waals surface area contributed by atoms with E-state index in [2.05, 4.69) is 16.0 Å². The number of aryl methyl sites for hydroxylation is 1. The van der Waals surface area contributed by atoms with Crippen LogP contribution in [0.15, 0.2) is 58.5 Å². The summed E-state index contributed by atoms with van der Waals surface area (Å²) < 4.78 is 44.5. The summed E-state index contributed by atoms with van der Waals surface area (Å²) in [6, 6.07) is 11.8. The molecule has 3 heterocycles. The number of fused-ring (bicyclic) bond motifs is 4. The van der Waals surface area contributed by atoms with Crippen LogP contribution < -0.4 is 10.2 Å². The van der Waals surface area contributed by atoms with E-state index in [-0.39, 0.29) is 5.43 Å². The molecule has 0 unspecified atom stereocenters. The van der Waals surface area contributed by atoms with Crippen molar-refractivity contribution < 1.29 is 17.0 Å². The molecule has 0 aliphatic carbocycles. The Morgan fingerprint density at radius 2 is 1.97 bits per heavy atom. The molecule has 0 aliphatic heterocycles. The first kappa shape index (κ1) is 23.5. The molecule has 0 saturated carbocycles. The molecule has 10 heteroatoms. The van der Waals surface area contributed by atoms with Crippen LogP contribution in [0.25, 0.3) is 44.0 Å². The first-order valence-electron chi connectivity index (χ1n) is 11.3. The van der Waals surface area contributed by atoms with Gasteiger partial charge in [-0.05, 0) is 36.8 Å². The average molecular weight is 505 g/mol. The van der Waals surface area contributed by atoms with Gasteiger partial charge >= 0.3 is 10.2 Å². The highest BCUT2D eigenvalue weighted by molar-refractivity contribution is 7.86. The number of unbranched alkanes of at least 4 members (excludes halogenated alkanes) is 1. The molecule has 0 fully saturated rings. The summed E-state index contributed by atoms with van der Waals surface area (Å²) in [5.41, 5.74) is 2.87. The molecule has 0 radical (unpaired) electrons. The molecule has 1 N–H and O–H groups in total. The maximum Gasteiger partial charge on any atom is 0.333 e. The van der Waals surface area contributed by atoms with Gasteiger partial charge < -0.3 is 14.3 Å². The van der Waals surface area contributed by atoms with Crippen LogP contribution in [-0.2, 0) is 17.3 Å². The van der Waals surface area contributed by atoms with Gasteiger partial charge in [0.1, 0.15) is 16.3 Å². The lowest BCUT2D eigenvalue weighted by Gasteiger charge is -2.15. The topological polar surface area (TPSA) is 118 Å². The number of nitrogens with one attached hydrogen (secondary N) is 1. The van der Waals surface area contributed by atoms with Gasteiger partial charge in [-0.3, -0.25) is 9.78 Å². The number of nitrogens with zero attached hydrogens (tertiary/aromatic N) is 3. The highest BCUT2D eigenvalue weighted by Crippen LogP contribution is 2.36. The summed E-state index contributed by atoms with van der Waals surface area (Å²) in [5.74, 6) is 0.370. The minimum Gasteiger partial charge on any atom is -0.493 e. The van der Waals surface area contributed by atoms with E-state index < -0.39 is 15.1 Å². The van der Waals surface area contributed by atoms with Crippen LogP contribution in [0, 0.1) is 11.3 Å². The van der Waals surface area contributed by atoms with Crippen molar-refractivity contribution in [2.45, 2.75) is 24.7 Å². The van der Waals surface area contributed by atoms with Gasteiger partial charge in [0.2, 0.25) is 0 Å². The van der Waals surface area contributed by atoms with Gasteiger partial charge in [-0.1, -0.05) is 19.4 Å². The molecule has 2 aromatic carbocycles. The van der Waals surface area contributed by atoms with Gasteiger partial charge in [-0.15, -0.1) is 3.89 Å². The van der Waals surface area contributed by atoms with Crippen molar-refractivity contribution in [1.29, 1.82) is 5.26 Å². The quantitative estimate of drug-likeness (QED) is 0.258. The van der Waals surface area contributed by atoms with Crippen molar-refractivity contribution in [3.63, 3.8) is 0 Å². The standard InChI is InChI=1S/C26H21FN4O4S/c1-3-4-7-35-23-11-20-22(10-19(23)16-9-17(14-29-13-16)36(27,33)34)31(2)26-24(25(20)32)18-6-5-15(12-28)8-21(18)30-26/h5-6,8-11,13-14,30H,3-4,7H2,1-2H3. The number of aromatic nitrogens is 3. The Balaban J connectivity index is 1.84. The fourth-order valence-electron chi connectivity index (χ4n) is 4.39. The molecular weight excluding hydrogens is 483 g/mol. The summed E-state index contributed by atoms with van der Waals surface area (Å²) in [5, 5.41) is 10.9. The molecule has 182 valence electrons. The number of ether oxygens (including phenoxy) is 1. The minimum absolute atomic E-state index is 0.209. The Labute approximate surface area is 205 Å². The van der Waals surface area contributed by atoms with Crippen LogP contribution in [0.2, 0.25) is 0 Å². The number of H-pyrrole nitrogens is 1. The first-order chi connectivity index (χ1) is 17.2. The monoisotopic (exact) mass is 504 g/mol. The SMILES string of the molecule is CCCCOc1cc2c(=O)c3c4ccc(C#N)cc4[nH]c3n(C)c2cc1-c1cncc(S(=O)(=O)F)c1. The molecule has 0 saturated heterocycles. The Morgan fingerprint density at radius 1 is 1.17 bits per heavy atom. The third-order valence-corrected chi connectivity index (χ3v) is 7.02. The fraction of sp³-hybridized carbons (Fsp3) is 0.192. The van der Waals surface area contributed by atoms with E-state index in [0.717, 1.165) is 19.0 Å². The second-order valence-corrected chi connectivity index (χ2v) is 9.87. The van der Waals surface area contributed by atoms with E-state index in [1.54, 1.807) is 37.4 Å². The lowest BCUT2D eigenvalue weighted by atomic mass is 10.0. The van der Waals surface area contributed by atoms with Crippen molar-refractivity contribution in [3.8, 4) is 22.9 Å². The van der Waals surface area contributed by atoms with Gasteiger partial charge in [0.05, 0.1) is 34.5 Å². The van der Waals surface area contributed by atoms with Crippen LogP contribution in [0.1, 0.15) is 25.3 Å². The third-order valence-electron chi connectivity index (χ3n) is 6.24. The molecular formula is C26H21FN4O4S. The van der Waals surface area contributed by atoms with Crippen LogP contribution in [-0.4, -0.2) is 29.6 Å². The zero-order valence-corrected chi connectivity index (χ0v) is 20.3. The van der Waals surface area contributed by atoms with Crippen molar-refractivity contribution in [2.75, 3.05) is 6.61 Å². The van der Waals surface area contributed by atoms with E-state index in [1.807, 2.05) is 11.5 Å². The zero-order valence-electron chi connectivity index (χ0n) is 19.5. The summed E-state index contributed by atoms with van der Waals surface area (Å²) >= 11 is 0. The molecule has 0 atom stereocenters. The number of hydrogen-bond acceptors (Lipinski definition) is 6. The molecule has 3 aromatic heterocycles. The molecule has 0 bridgehead atoms. The summed E-state index contributed by atoms with van der Waals surface area (Å²) in [6.45, 7) is 2.40. The van der Waals surface area contributed by atoms with Crippen LogP contribution in [0.5, 0.6) is 5.75 Å². The van der Waals surface area contributed by atoms with Crippen LogP contribution in [0.4, 0.5) is 3.89 Å². The lowest BCUT2D eigenvalue weighted by Crippen LogP contribution is -2.10. The van der Waals surface area contributed by atoms with Gasteiger partial charge in [0.25, 0.3) is 0 Å². The number of pyridine rings is 2. The summed E-state index contributed by atoms with van der Waals surface area (Å²) in [6.07, 6.45) is 4.03. The van der Waals surface area contributed by atoms with E-state index in [0.29, 0.717) is 61.9 Å². The summed E-state index contributed by atoms with van der Waals surface area (Å²) in [4.78, 5) is 20.3. The average Bonchev–Trinajstić information content (AvgIpc) is 3.26. The molecule has 0 aliphatic rings. The second kappa shape index (κ2) is 8.77. The zero-order chi connectivity index (χ0) is 25.6. The van der Waals surface area contributed by atoms with E-state index in [1.165, 1.54) is 12.3 Å². The third kappa shape index (κ3) is 3.87. The van der Waals surface area contributed by atoms with Gasteiger partial charge in [0.15, 0.2) is 5.43 Å². The first-order valence-corrected chi connectivity index (χ1v) is 12.7. The normalized spacial score (nSPS) is 11.8. The van der Waals surface area contributed by atoms with Crippen molar-refractivity contribution in [1.82, 2.24) is 14.5 Å². The molecule has 36 heavy (non-hydrogen) atoms. The largest absolute Gasteiger partial charge is 0.493 e. The maximum atomic E-state index is 13.7. The number of rotatable bonds is 6. The fourth-order valence-corrected chi connectivity index (χ4v) is 4.84. The molecule has 8 nitrogen and oxygen atoms in total. The number of nitriles is 1. The minimum atomic E-state index is -4.96. The number of halogens is 1. The van der Waals surface area contributed by atoms with Crippen molar-refractivity contribution >= 4 is 43.1 Å².